The van der Waals surface area contributed by atoms with Crippen molar-refractivity contribution in [3.05, 3.63) is 35.4 Å². The highest BCUT2D eigenvalue weighted by atomic mass is 19.1. The first-order valence-electron chi connectivity index (χ1n) is 6.44. The highest BCUT2D eigenvalue weighted by Gasteiger charge is 2.24. The Bertz CT molecular complexity index is 557. The summed E-state index contributed by atoms with van der Waals surface area (Å²) in [6, 6.07) is 2.82. The quantitative estimate of drug-likeness (QED) is 0.368. The van der Waals surface area contributed by atoms with Crippen molar-refractivity contribution in [1.29, 1.82) is 0 Å². The van der Waals surface area contributed by atoms with Crippen LogP contribution < -0.4 is 5.73 Å². The molecule has 8 heteroatoms. The van der Waals surface area contributed by atoms with E-state index in [4.69, 9.17) is 10.9 Å². The van der Waals surface area contributed by atoms with E-state index in [1.807, 2.05) is 4.90 Å². The van der Waals surface area contributed by atoms with Crippen LogP contribution in [-0.2, 0) is 0 Å². The van der Waals surface area contributed by atoms with Crippen molar-refractivity contribution in [3.8, 4) is 0 Å². The lowest BCUT2D eigenvalue weighted by atomic mass is 10.1. The van der Waals surface area contributed by atoms with Gasteiger partial charge < -0.3 is 15.8 Å². The Balaban J connectivity index is 1.99. The Labute approximate surface area is 120 Å². The second-order valence-electron chi connectivity index (χ2n) is 4.78. The van der Waals surface area contributed by atoms with Crippen LogP contribution in [0.4, 0.5) is 8.78 Å². The zero-order chi connectivity index (χ0) is 15.4. The van der Waals surface area contributed by atoms with Crippen LogP contribution in [0.25, 0.3) is 0 Å². The molecule has 0 aromatic heterocycles. The molecule has 0 spiro atoms. The number of amidine groups is 1. The molecule has 1 heterocycles. The van der Waals surface area contributed by atoms with Crippen molar-refractivity contribution in [2.75, 3.05) is 32.7 Å². The number of nitrogens with two attached hydrogens (primary N) is 1. The van der Waals surface area contributed by atoms with Gasteiger partial charge in [0, 0.05) is 26.2 Å². The maximum atomic E-state index is 13.6. The van der Waals surface area contributed by atoms with Gasteiger partial charge in [-0.15, -0.1) is 0 Å². The van der Waals surface area contributed by atoms with Crippen LogP contribution in [0, 0.1) is 11.6 Å². The van der Waals surface area contributed by atoms with Gasteiger partial charge in [0.2, 0.25) is 0 Å². The van der Waals surface area contributed by atoms with Crippen molar-refractivity contribution in [2.45, 2.75) is 0 Å². The van der Waals surface area contributed by atoms with Crippen molar-refractivity contribution < 1.29 is 18.8 Å². The summed E-state index contributed by atoms with van der Waals surface area (Å²) in [6.45, 7) is 2.06. The van der Waals surface area contributed by atoms with Crippen molar-refractivity contribution >= 4 is 11.7 Å². The Kier molecular flexibility index (Phi) is 4.69. The second kappa shape index (κ2) is 6.49. The van der Waals surface area contributed by atoms with E-state index in [-0.39, 0.29) is 11.4 Å². The maximum absolute atomic E-state index is 13.6. The van der Waals surface area contributed by atoms with Crippen LogP contribution in [0.2, 0.25) is 0 Å². The van der Waals surface area contributed by atoms with Gasteiger partial charge in [-0.25, -0.2) is 8.78 Å². The van der Waals surface area contributed by atoms with E-state index < -0.39 is 17.5 Å². The third-order valence-electron chi connectivity index (χ3n) is 3.33. The van der Waals surface area contributed by atoms with Crippen LogP contribution in [0.5, 0.6) is 0 Å². The third-order valence-corrected chi connectivity index (χ3v) is 3.33. The van der Waals surface area contributed by atoms with Crippen LogP contribution in [0.3, 0.4) is 0 Å². The van der Waals surface area contributed by atoms with Crippen LogP contribution in [0.15, 0.2) is 23.4 Å². The molecule has 21 heavy (non-hydrogen) atoms. The Morgan fingerprint density at radius 1 is 1.29 bits per heavy atom. The molecule has 0 saturated carbocycles. The van der Waals surface area contributed by atoms with Crippen LogP contribution >= 0.6 is 0 Å². The van der Waals surface area contributed by atoms with Gasteiger partial charge in [0.15, 0.2) is 5.84 Å². The predicted octanol–water partition coefficient (Wildman–Crippen LogP) is 0.469. The topological polar surface area (TPSA) is 82.2 Å². The van der Waals surface area contributed by atoms with Gasteiger partial charge in [-0.05, 0) is 18.2 Å². The Morgan fingerprint density at radius 3 is 2.57 bits per heavy atom. The number of nitrogens with zero attached hydrogens (tertiary/aromatic N) is 3. The molecule has 1 saturated heterocycles. The molecule has 1 aromatic rings. The van der Waals surface area contributed by atoms with E-state index in [0.717, 1.165) is 18.2 Å². The fraction of sp³-hybridized carbons (Fsp3) is 0.385. The lowest BCUT2D eigenvalue weighted by Crippen LogP contribution is -2.50. The van der Waals surface area contributed by atoms with Gasteiger partial charge in [-0.2, -0.15) is 0 Å². The number of carbonyl (C=O) groups excluding carboxylic acids is 1. The Morgan fingerprint density at radius 2 is 1.95 bits per heavy atom. The Hall–Kier alpha value is -2.22. The van der Waals surface area contributed by atoms with Crippen molar-refractivity contribution in [1.82, 2.24) is 9.80 Å². The minimum atomic E-state index is -0.736. The fourth-order valence-corrected chi connectivity index (χ4v) is 2.20. The number of carbonyl (C=O) groups is 1. The molecule has 0 radical (unpaired) electrons. The second-order valence-corrected chi connectivity index (χ2v) is 4.78. The summed E-state index contributed by atoms with van der Waals surface area (Å²) in [5.74, 6) is -1.83. The molecule has 1 aromatic carbocycles. The van der Waals surface area contributed by atoms with E-state index in [2.05, 4.69) is 5.16 Å². The van der Waals surface area contributed by atoms with E-state index in [0.29, 0.717) is 32.7 Å². The van der Waals surface area contributed by atoms with Crippen LogP contribution in [-0.4, -0.2) is 59.5 Å². The first kappa shape index (κ1) is 15.2. The molecule has 1 amide bonds. The number of halogens is 2. The zero-order valence-corrected chi connectivity index (χ0v) is 11.3. The molecule has 1 aliphatic heterocycles. The summed E-state index contributed by atoms with van der Waals surface area (Å²) in [5, 5.41) is 11.4. The molecule has 0 atom stereocenters. The standard InChI is InChI=1S/C13H16F2N4O2/c14-9-1-2-11(15)10(7-9)13(20)19-5-3-18(4-6-19)8-12(16)17-21/h1-2,7,21H,3-6,8H2,(H2,16,17). The molecule has 3 N–H and O–H groups in total. The minimum absolute atomic E-state index is 0.0888. The summed E-state index contributed by atoms with van der Waals surface area (Å²) in [7, 11) is 0. The fourth-order valence-electron chi connectivity index (χ4n) is 2.20. The van der Waals surface area contributed by atoms with Crippen LogP contribution in [0.1, 0.15) is 10.4 Å². The monoisotopic (exact) mass is 298 g/mol. The maximum Gasteiger partial charge on any atom is 0.257 e. The summed E-state index contributed by atoms with van der Waals surface area (Å²) < 4.78 is 26.7. The minimum Gasteiger partial charge on any atom is -0.409 e. The average molecular weight is 298 g/mol. The average Bonchev–Trinajstić information content (AvgIpc) is 2.49. The van der Waals surface area contributed by atoms with Gasteiger partial charge >= 0.3 is 0 Å². The number of rotatable bonds is 3. The zero-order valence-electron chi connectivity index (χ0n) is 11.3. The van der Waals surface area contributed by atoms with Crippen molar-refractivity contribution in [2.24, 2.45) is 10.9 Å². The van der Waals surface area contributed by atoms with Gasteiger partial charge in [0.25, 0.3) is 5.91 Å². The van der Waals surface area contributed by atoms with Gasteiger partial charge in [0.1, 0.15) is 11.6 Å². The van der Waals surface area contributed by atoms with Gasteiger partial charge in [0.05, 0.1) is 12.1 Å². The molecular weight excluding hydrogens is 282 g/mol. The molecule has 1 fully saturated rings. The van der Waals surface area contributed by atoms with E-state index in [1.165, 1.54) is 4.90 Å². The highest BCUT2D eigenvalue weighted by Crippen LogP contribution is 2.14. The molecular formula is C13H16F2N4O2. The van der Waals surface area contributed by atoms with Gasteiger partial charge in [-0.1, -0.05) is 5.16 Å². The lowest BCUT2D eigenvalue weighted by Gasteiger charge is -2.34. The number of oxime groups is 1. The molecule has 0 unspecified atom stereocenters. The van der Waals surface area contributed by atoms with E-state index >= 15 is 0 Å². The largest absolute Gasteiger partial charge is 0.409 e. The first-order valence-corrected chi connectivity index (χ1v) is 6.44. The summed E-state index contributed by atoms with van der Waals surface area (Å²) >= 11 is 0. The third kappa shape index (κ3) is 3.66. The highest BCUT2D eigenvalue weighted by molar-refractivity contribution is 5.94. The molecule has 114 valence electrons. The van der Waals surface area contributed by atoms with E-state index in [9.17, 15) is 13.6 Å². The normalized spacial score (nSPS) is 17.0. The molecule has 2 rings (SSSR count). The number of amides is 1. The van der Waals surface area contributed by atoms with Crippen molar-refractivity contribution in [3.63, 3.8) is 0 Å². The summed E-state index contributed by atoms with van der Waals surface area (Å²) in [5.41, 5.74) is 5.15. The lowest BCUT2D eigenvalue weighted by molar-refractivity contribution is 0.0648. The number of hydrogen-bond acceptors (Lipinski definition) is 4. The molecule has 1 aliphatic rings. The smallest absolute Gasteiger partial charge is 0.257 e. The SMILES string of the molecule is NC(CN1CCN(C(=O)c2cc(F)ccc2F)CC1)=NO. The summed E-state index contributed by atoms with van der Waals surface area (Å²) in [6.07, 6.45) is 0. The molecule has 6 nitrogen and oxygen atoms in total. The number of benzene rings is 1. The predicted molar refractivity (Wildman–Crippen MR) is 72.1 cm³/mol. The van der Waals surface area contributed by atoms with Gasteiger partial charge in [-0.3, -0.25) is 9.69 Å². The number of piperazine rings is 1. The molecule has 0 bridgehead atoms. The summed E-state index contributed by atoms with van der Waals surface area (Å²) in [4.78, 5) is 15.5. The first-order chi connectivity index (χ1) is 10.0. The number of hydrogen-bond donors (Lipinski definition) is 2. The van der Waals surface area contributed by atoms with E-state index in [1.54, 1.807) is 0 Å². The molecule has 0 aliphatic carbocycles.